The summed E-state index contributed by atoms with van der Waals surface area (Å²) in [7, 11) is 0.524. The molecule has 1 aromatic rings. The van der Waals surface area contributed by atoms with Gasteiger partial charge in [-0.3, -0.25) is 16.0 Å². The summed E-state index contributed by atoms with van der Waals surface area (Å²) in [5.41, 5.74) is 3.58. The molecule has 0 aromatic carbocycles. The number of aromatic nitrogens is 2. The molecule has 1 fully saturated rings. The largest absolute Gasteiger partial charge is 0.493 e. The van der Waals surface area contributed by atoms with Gasteiger partial charge in [0.25, 0.3) is 0 Å². The zero-order chi connectivity index (χ0) is 14.0. The molecular weight excluding hydrogens is 268 g/mol. The van der Waals surface area contributed by atoms with Crippen molar-refractivity contribution in [1.29, 1.82) is 0 Å². The smallest absolute Gasteiger partial charge is 0.161 e. The van der Waals surface area contributed by atoms with Gasteiger partial charge in [-0.15, -0.1) is 0 Å². The number of aryl methyl sites for hydroxylation is 1. The topological polar surface area (TPSA) is 99.2 Å². The molecule has 0 aliphatic carbocycles. The van der Waals surface area contributed by atoms with Crippen molar-refractivity contribution in [3.63, 3.8) is 0 Å². The van der Waals surface area contributed by atoms with Gasteiger partial charge in [-0.1, -0.05) is 0 Å². The van der Waals surface area contributed by atoms with E-state index in [9.17, 15) is 8.42 Å². The van der Waals surface area contributed by atoms with Crippen LogP contribution in [0.15, 0.2) is 6.20 Å². The molecule has 2 rings (SSSR count). The first-order valence-electron chi connectivity index (χ1n) is 6.19. The molecule has 0 bridgehead atoms. The molecule has 2 heterocycles. The van der Waals surface area contributed by atoms with E-state index in [1.54, 1.807) is 18.0 Å². The first-order chi connectivity index (χ1) is 8.96. The van der Waals surface area contributed by atoms with Gasteiger partial charge in [0.2, 0.25) is 0 Å². The van der Waals surface area contributed by atoms with E-state index < -0.39 is 9.84 Å². The van der Waals surface area contributed by atoms with E-state index in [4.69, 9.17) is 10.6 Å². The lowest BCUT2D eigenvalue weighted by Gasteiger charge is -2.20. The number of nitrogens with two attached hydrogens (primary N) is 1. The third-order valence-electron chi connectivity index (χ3n) is 3.60. The number of nitrogens with zero attached hydrogens (tertiary/aromatic N) is 2. The van der Waals surface area contributed by atoms with Crippen molar-refractivity contribution < 1.29 is 13.2 Å². The zero-order valence-electron chi connectivity index (χ0n) is 11.2. The average Bonchev–Trinajstić information content (AvgIpc) is 2.89. The lowest BCUT2D eigenvalue weighted by Crippen LogP contribution is -2.31. The van der Waals surface area contributed by atoms with Crippen molar-refractivity contribution in [2.75, 3.05) is 18.6 Å². The summed E-state index contributed by atoms with van der Waals surface area (Å²) in [5, 5.41) is 4.14. The fourth-order valence-corrected chi connectivity index (χ4v) is 4.51. The molecule has 1 aromatic heterocycles. The maximum atomic E-state index is 11.5. The summed E-state index contributed by atoms with van der Waals surface area (Å²) >= 11 is 0. The van der Waals surface area contributed by atoms with Crippen LogP contribution in [0.2, 0.25) is 0 Å². The molecule has 7 nitrogen and oxygen atoms in total. The molecular formula is C11H20N4O3S. The molecule has 0 radical (unpaired) electrons. The quantitative estimate of drug-likeness (QED) is 0.573. The van der Waals surface area contributed by atoms with Crippen LogP contribution in [-0.2, 0) is 16.9 Å². The third kappa shape index (κ3) is 3.07. The van der Waals surface area contributed by atoms with Gasteiger partial charge in [0, 0.05) is 7.05 Å². The lowest BCUT2D eigenvalue weighted by molar-refractivity contribution is 0.368. The van der Waals surface area contributed by atoms with E-state index >= 15 is 0 Å². The van der Waals surface area contributed by atoms with Gasteiger partial charge >= 0.3 is 0 Å². The minimum atomic E-state index is -2.87. The number of sulfone groups is 1. The van der Waals surface area contributed by atoms with E-state index in [-0.39, 0.29) is 23.5 Å². The Hall–Kier alpha value is -1.12. The van der Waals surface area contributed by atoms with Gasteiger partial charge in [-0.25, -0.2) is 8.42 Å². The van der Waals surface area contributed by atoms with Crippen molar-refractivity contribution >= 4 is 9.84 Å². The summed E-state index contributed by atoms with van der Waals surface area (Å²) in [6.07, 6.45) is 2.98. The SMILES string of the molecule is COc1cnn(C)c1C(CC1CCS(=O)(=O)C1)NN. The Labute approximate surface area is 113 Å². The van der Waals surface area contributed by atoms with Gasteiger partial charge in [-0.05, 0) is 18.8 Å². The van der Waals surface area contributed by atoms with Crippen LogP contribution in [0.1, 0.15) is 24.6 Å². The van der Waals surface area contributed by atoms with Crippen molar-refractivity contribution in [2.24, 2.45) is 18.8 Å². The Balaban J connectivity index is 2.14. The van der Waals surface area contributed by atoms with E-state index in [2.05, 4.69) is 10.5 Å². The Morgan fingerprint density at radius 1 is 1.68 bits per heavy atom. The van der Waals surface area contributed by atoms with Gasteiger partial charge in [0.1, 0.15) is 0 Å². The molecule has 1 aliphatic rings. The Morgan fingerprint density at radius 2 is 2.42 bits per heavy atom. The number of hydrazine groups is 1. The van der Waals surface area contributed by atoms with Gasteiger partial charge in [0.05, 0.1) is 36.5 Å². The lowest BCUT2D eigenvalue weighted by atomic mass is 9.97. The van der Waals surface area contributed by atoms with Crippen molar-refractivity contribution in [2.45, 2.75) is 18.9 Å². The van der Waals surface area contributed by atoms with Crippen LogP contribution in [-0.4, -0.2) is 36.8 Å². The van der Waals surface area contributed by atoms with Crippen LogP contribution in [0, 0.1) is 5.92 Å². The molecule has 3 N–H and O–H groups in total. The summed E-state index contributed by atoms with van der Waals surface area (Å²) in [5.74, 6) is 6.91. The fraction of sp³-hybridized carbons (Fsp3) is 0.727. The van der Waals surface area contributed by atoms with Crippen LogP contribution in [0.4, 0.5) is 0 Å². The van der Waals surface area contributed by atoms with Crippen molar-refractivity contribution in [3.8, 4) is 5.75 Å². The third-order valence-corrected chi connectivity index (χ3v) is 5.43. The van der Waals surface area contributed by atoms with Crippen molar-refractivity contribution in [3.05, 3.63) is 11.9 Å². The highest BCUT2D eigenvalue weighted by molar-refractivity contribution is 7.91. The Morgan fingerprint density at radius 3 is 2.95 bits per heavy atom. The first kappa shape index (κ1) is 14.3. The second-order valence-corrected chi connectivity index (χ2v) is 7.17. The Bertz CT molecular complexity index is 540. The molecule has 2 atom stereocenters. The first-order valence-corrected chi connectivity index (χ1v) is 8.01. The maximum Gasteiger partial charge on any atom is 0.161 e. The van der Waals surface area contributed by atoms with E-state index in [1.165, 1.54) is 0 Å². The van der Waals surface area contributed by atoms with Crippen LogP contribution >= 0.6 is 0 Å². The number of methoxy groups -OCH3 is 1. The summed E-state index contributed by atoms with van der Waals surface area (Å²) in [6.45, 7) is 0. The monoisotopic (exact) mass is 288 g/mol. The highest BCUT2D eigenvalue weighted by atomic mass is 32.2. The van der Waals surface area contributed by atoms with Crippen molar-refractivity contribution in [1.82, 2.24) is 15.2 Å². The molecule has 2 unspecified atom stereocenters. The molecule has 1 saturated heterocycles. The number of ether oxygens (including phenoxy) is 1. The zero-order valence-corrected chi connectivity index (χ0v) is 12.0. The highest BCUT2D eigenvalue weighted by Crippen LogP contribution is 2.32. The molecule has 1 aliphatic heterocycles. The normalized spacial score (nSPS) is 23.4. The Kier molecular flexibility index (Phi) is 4.12. The average molecular weight is 288 g/mol. The summed E-state index contributed by atoms with van der Waals surface area (Å²) in [6, 6.07) is -0.166. The van der Waals surface area contributed by atoms with E-state index in [0.717, 1.165) is 5.69 Å². The van der Waals surface area contributed by atoms with E-state index in [0.29, 0.717) is 18.6 Å². The number of rotatable bonds is 5. The van der Waals surface area contributed by atoms with Crippen LogP contribution in [0.5, 0.6) is 5.75 Å². The molecule has 0 saturated carbocycles. The minimum Gasteiger partial charge on any atom is -0.493 e. The number of nitrogens with one attached hydrogen (secondary N) is 1. The molecule has 8 heteroatoms. The maximum absolute atomic E-state index is 11.5. The molecule has 0 amide bonds. The molecule has 19 heavy (non-hydrogen) atoms. The summed E-state index contributed by atoms with van der Waals surface area (Å²) in [4.78, 5) is 0. The van der Waals surface area contributed by atoms with Gasteiger partial charge < -0.3 is 4.74 Å². The van der Waals surface area contributed by atoms with Crippen LogP contribution in [0.3, 0.4) is 0 Å². The van der Waals surface area contributed by atoms with Crippen LogP contribution < -0.4 is 16.0 Å². The van der Waals surface area contributed by atoms with E-state index in [1.807, 2.05) is 7.05 Å². The minimum absolute atomic E-state index is 0.130. The highest BCUT2D eigenvalue weighted by Gasteiger charge is 2.31. The second-order valence-electron chi connectivity index (χ2n) is 4.95. The summed E-state index contributed by atoms with van der Waals surface area (Å²) < 4.78 is 29.9. The molecule has 108 valence electrons. The number of hydrogen-bond acceptors (Lipinski definition) is 6. The molecule has 0 spiro atoms. The number of hydrogen-bond donors (Lipinski definition) is 2. The predicted octanol–water partition coefficient (Wildman–Crippen LogP) is -0.242. The standard InChI is InChI=1S/C11H20N4O3S/c1-15-11(10(18-2)6-13-15)9(14-12)5-8-3-4-19(16,17)7-8/h6,8-9,14H,3-5,7,12H2,1-2H3. The van der Waals surface area contributed by atoms with Gasteiger partial charge in [0.15, 0.2) is 15.6 Å². The van der Waals surface area contributed by atoms with Gasteiger partial charge in [-0.2, -0.15) is 5.10 Å². The fourth-order valence-electron chi connectivity index (χ4n) is 2.63. The predicted molar refractivity (Wildman–Crippen MR) is 71.2 cm³/mol. The second kappa shape index (κ2) is 5.48. The van der Waals surface area contributed by atoms with Crippen LogP contribution in [0.25, 0.3) is 0 Å².